The predicted molar refractivity (Wildman–Crippen MR) is 153 cm³/mol. The van der Waals surface area contributed by atoms with Crippen LogP contribution in [0.4, 0.5) is 5.69 Å². The predicted octanol–water partition coefficient (Wildman–Crippen LogP) is 3.94. The Labute approximate surface area is 237 Å². The van der Waals surface area contributed by atoms with E-state index in [1.807, 2.05) is 18.2 Å². The lowest BCUT2D eigenvalue weighted by Gasteiger charge is -2.21. The van der Waals surface area contributed by atoms with Crippen molar-refractivity contribution in [2.75, 3.05) is 11.9 Å². The molecule has 3 aromatic carbocycles. The lowest BCUT2D eigenvalue weighted by atomic mass is 10.1. The molecule has 3 rings (SSSR count). The summed E-state index contributed by atoms with van der Waals surface area (Å²) in [5, 5.41) is 28.4. The lowest BCUT2D eigenvalue weighted by Crippen LogP contribution is -2.48. The van der Waals surface area contributed by atoms with E-state index in [2.05, 4.69) is 34.4 Å². The Bertz CT molecular complexity index is 1380. The number of aliphatic hydroxyl groups excluding tert-OH is 1. The standard InChI is InChI=1S/C29H28Cl2N4O4/c1-18(33-28(19(2)36)29(38)35-39)22-9-5-20(6-10-22)3-4-21-7-13-25(14-8-21)34-27(37)17-32-16-23-11-12-24(30)15-26(23)31/h5-15,19,28,32-33,36,39H,1,16-17H2,2H3,(H,34,37)(H,35,38)/t19-,28+/m1/s1. The Kier molecular flexibility index (Phi) is 10.9. The summed E-state index contributed by atoms with van der Waals surface area (Å²) in [6.07, 6.45) is -1.05. The fraction of sp³-hybridized carbons (Fsp3) is 0.172. The minimum atomic E-state index is -1.06. The first-order valence-electron chi connectivity index (χ1n) is 11.9. The molecule has 0 heterocycles. The molecule has 10 heteroatoms. The fourth-order valence-electron chi connectivity index (χ4n) is 3.46. The van der Waals surface area contributed by atoms with Gasteiger partial charge >= 0.3 is 0 Å². The van der Waals surface area contributed by atoms with Crippen LogP contribution in [-0.2, 0) is 16.1 Å². The quantitative estimate of drug-likeness (QED) is 0.125. The third-order valence-electron chi connectivity index (χ3n) is 5.57. The molecule has 2 amide bonds. The smallest absolute Gasteiger partial charge is 0.268 e. The fourth-order valence-corrected chi connectivity index (χ4v) is 3.94. The zero-order chi connectivity index (χ0) is 28.4. The Morgan fingerprint density at radius 2 is 1.59 bits per heavy atom. The number of hydroxylamine groups is 1. The van der Waals surface area contributed by atoms with Crippen molar-refractivity contribution in [2.24, 2.45) is 0 Å². The molecule has 0 saturated heterocycles. The lowest BCUT2D eigenvalue weighted by molar-refractivity contribution is -0.133. The van der Waals surface area contributed by atoms with Crippen molar-refractivity contribution in [3.63, 3.8) is 0 Å². The molecule has 0 aliphatic rings. The summed E-state index contributed by atoms with van der Waals surface area (Å²) in [6, 6.07) is 18.5. The Hall–Kier alpha value is -3.84. The van der Waals surface area contributed by atoms with Crippen molar-refractivity contribution in [2.45, 2.75) is 25.6 Å². The van der Waals surface area contributed by atoms with E-state index in [0.29, 0.717) is 33.5 Å². The average Bonchev–Trinajstić information content (AvgIpc) is 2.92. The molecule has 2 atom stereocenters. The highest BCUT2D eigenvalue weighted by Gasteiger charge is 2.23. The number of halogens is 2. The molecular weight excluding hydrogens is 539 g/mol. The van der Waals surface area contributed by atoms with E-state index in [4.69, 9.17) is 28.4 Å². The van der Waals surface area contributed by atoms with Gasteiger partial charge < -0.3 is 21.1 Å². The van der Waals surface area contributed by atoms with Crippen molar-refractivity contribution >= 4 is 46.4 Å². The summed E-state index contributed by atoms with van der Waals surface area (Å²) in [5.41, 5.74) is 5.66. The molecule has 0 saturated carbocycles. The van der Waals surface area contributed by atoms with E-state index in [1.165, 1.54) is 12.4 Å². The normalized spacial score (nSPS) is 11.9. The molecule has 0 spiro atoms. The maximum absolute atomic E-state index is 12.2. The number of nitrogens with one attached hydrogen (secondary N) is 4. The van der Waals surface area contributed by atoms with Gasteiger partial charge in [-0.05, 0) is 66.6 Å². The molecule has 0 aliphatic carbocycles. The maximum atomic E-state index is 12.2. The van der Waals surface area contributed by atoms with Gasteiger partial charge in [0.25, 0.3) is 5.91 Å². The van der Waals surface area contributed by atoms with Gasteiger partial charge in [0.1, 0.15) is 6.04 Å². The molecule has 0 aromatic heterocycles. The van der Waals surface area contributed by atoms with Crippen molar-refractivity contribution in [1.82, 2.24) is 16.1 Å². The number of rotatable bonds is 10. The number of amides is 2. The minimum absolute atomic E-state index is 0.118. The molecule has 3 aromatic rings. The highest BCUT2D eigenvalue weighted by molar-refractivity contribution is 6.35. The van der Waals surface area contributed by atoms with E-state index < -0.39 is 18.1 Å². The molecule has 0 aliphatic heterocycles. The van der Waals surface area contributed by atoms with Crippen LogP contribution in [-0.4, -0.2) is 40.8 Å². The summed E-state index contributed by atoms with van der Waals surface area (Å²) in [6.45, 7) is 5.87. The first kappa shape index (κ1) is 29.7. The van der Waals surface area contributed by atoms with Gasteiger partial charge in [-0.1, -0.05) is 59.8 Å². The summed E-state index contributed by atoms with van der Waals surface area (Å²) in [4.78, 5) is 23.9. The number of benzene rings is 3. The molecular formula is C29H28Cl2N4O4. The molecule has 202 valence electrons. The second-order valence-corrected chi connectivity index (χ2v) is 9.45. The van der Waals surface area contributed by atoms with E-state index in [-0.39, 0.29) is 12.5 Å². The maximum Gasteiger partial charge on any atom is 0.268 e. The molecule has 0 fully saturated rings. The van der Waals surface area contributed by atoms with Crippen molar-refractivity contribution in [3.05, 3.63) is 106 Å². The van der Waals surface area contributed by atoms with E-state index >= 15 is 0 Å². The van der Waals surface area contributed by atoms with Gasteiger partial charge in [-0.2, -0.15) is 0 Å². The molecule has 0 unspecified atom stereocenters. The van der Waals surface area contributed by atoms with Gasteiger partial charge in [0.15, 0.2) is 0 Å². The zero-order valence-corrected chi connectivity index (χ0v) is 22.6. The molecule has 8 nitrogen and oxygen atoms in total. The van der Waals surface area contributed by atoms with Crippen molar-refractivity contribution in [1.29, 1.82) is 0 Å². The summed E-state index contributed by atoms with van der Waals surface area (Å²) in [7, 11) is 0. The topological polar surface area (TPSA) is 123 Å². The van der Waals surface area contributed by atoms with Crippen molar-refractivity contribution < 1.29 is 19.9 Å². The van der Waals surface area contributed by atoms with Gasteiger partial charge in [0.05, 0.1) is 12.6 Å². The van der Waals surface area contributed by atoms with Gasteiger partial charge in [-0.15, -0.1) is 0 Å². The van der Waals surface area contributed by atoms with E-state index in [0.717, 1.165) is 16.7 Å². The first-order chi connectivity index (χ1) is 18.7. The van der Waals surface area contributed by atoms with Crippen molar-refractivity contribution in [3.8, 4) is 11.8 Å². The Morgan fingerprint density at radius 3 is 2.15 bits per heavy atom. The number of hydrogen-bond donors (Lipinski definition) is 6. The van der Waals surface area contributed by atoms with Crippen LogP contribution in [0.25, 0.3) is 5.70 Å². The number of aliphatic hydroxyl groups is 1. The van der Waals surface area contributed by atoms with Crippen LogP contribution in [0.2, 0.25) is 10.0 Å². The SMILES string of the molecule is C=C(N[C@H](C(=O)NO)[C@@H](C)O)c1ccc(C#Cc2ccc(NC(=O)CNCc3ccc(Cl)cc3Cl)cc2)cc1. The van der Waals surface area contributed by atoms with Crippen LogP contribution in [0.15, 0.2) is 73.3 Å². The van der Waals surface area contributed by atoms with E-state index in [9.17, 15) is 14.7 Å². The van der Waals surface area contributed by atoms with Gasteiger partial charge in [0.2, 0.25) is 5.91 Å². The van der Waals surface area contributed by atoms with Crippen LogP contribution < -0.4 is 21.4 Å². The van der Waals surface area contributed by atoms with Gasteiger partial charge in [-0.25, -0.2) is 5.48 Å². The summed E-state index contributed by atoms with van der Waals surface area (Å²) >= 11 is 12.0. The third kappa shape index (κ3) is 9.14. The number of anilines is 1. The summed E-state index contributed by atoms with van der Waals surface area (Å²) in [5.74, 6) is 5.19. The summed E-state index contributed by atoms with van der Waals surface area (Å²) < 4.78 is 0. The van der Waals surface area contributed by atoms with E-state index in [1.54, 1.807) is 48.5 Å². The Morgan fingerprint density at radius 1 is 0.974 bits per heavy atom. The first-order valence-corrected chi connectivity index (χ1v) is 12.7. The van der Waals surface area contributed by atoms with Crippen LogP contribution in [0.3, 0.4) is 0 Å². The minimum Gasteiger partial charge on any atom is -0.391 e. The zero-order valence-electron chi connectivity index (χ0n) is 21.1. The van der Waals surface area contributed by atoms with Crippen LogP contribution in [0, 0.1) is 11.8 Å². The molecule has 6 N–H and O–H groups in total. The second kappa shape index (κ2) is 14.4. The number of carbonyl (C=O) groups excluding carboxylic acids is 2. The van der Waals surface area contributed by atoms with Crippen LogP contribution in [0.1, 0.15) is 29.2 Å². The average molecular weight is 567 g/mol. The third-order valence-corrected chi connectivity index (χ3v) is 6.16. The van der Waals surface area contributed by atoms with Gasteiger partial charge in [0, 0.05) is 39.1 Å². The van der Waals surface area contributed by atoms with Crippen LogP contribution >= 0.6 is 23.2 Å². The molecule has 0 bridgehead atoms. The molecule has 39 heavy (non-hydrogen) atoms. The Balaban J connectivity index is 1.50. The second-order valence-electron chi connectivity index (χ2n) is 8.61. The van der Waals surface area contributed by atoms with Gasteiger partial charge in [-0.3, -0.25) is 14.8 Å². The highest BCUT2D eigenvalue weighted by Crippen LogP contribution is 2.20. The number of hydrogen-bond acceptors (Lipinski definition) is 6. The largest absolute Gasteiger partial charge is 0.391 e. The number of carbonyl (C=O) groups is 2. The monoisotopic (exact) mass is 566 g/mol. The van der Waals surface area contributed by atoms with Crippen LogP contribution in [0.5, 0.6) is 0 Å². The molecule has 0 radical (unpaired) electrons. The highest BCUT2D eigenvalue weighted by atomic mass is 35.5.